The molecule has 0 bridgehead atoms. The molecular weight excluding hydrogens is 282 g/mol. The molecule has 0 saturated carbocycles. The Hall–Kier alpha value is -3.31. The number of carbonyl (C=O) groups is 1. The molecule has 0 aliphatic carbocycles. The fourth-order valence-corrected chi connectivity index (χ4v) is 1.74. The Bertz CT molecular complexity index is 737. The van der Waals surface area contributed by atoms with E-state index >= 15 is 0 Å². The van der Waals surface area contributed by atoms with Crippen molar-refractivity contribution in [3.8, 4) is 0 Å². The highest BCUT2D eigenvalue weighted by atomic mass is 16.7. The number of nitrogens with zero attached hydrogens (tertiary/aromatic N) is 4. The molecule has 7 nitrogen and oxygen atoms in total. The van der Waals surface area contributed by atoms with Gasteiger partial charge in [-0.1, -0.05) is 52.7 Å². The molecule has 22 heavy (non-hydrogen) atoms. The number of oxime groups is 1. The second-order valence-corrected chi connectivity index (χ2v) is 4.25. The summed E-state index contributed by atoms with van der Waals surface area (Å²) in [4.78, 5) is 19.2. The van der Waals surface area contributed by atoms with E-state index in [1.165, 1.54) is 0 Å². The molecule has 0 spiro atoms. The summed E-state index contributed by atoms with van der Waals surface area (Å²) in [5, 5.41) is 9.86. The zero-order valence-corrected chi connectivity index (χ0v) is 11.8. The molecule has 0 atom stereocenters. The Kier molecular flexibility index (Phi) is 5.12. The number of nitrogens with one attached hydrogen (secondary N) is 1. The van der Waals surface area contributed by atoms with Crippen molar-refractivity contribution in [3.05, 3.63) is 70.6 Å². The van der Waals surface area contributed by atoms with Crippen LogP contribution in [0, 0.1) is 0 Å². The summed E-state index contributed by atoms with van der Waals surface area (Å²) in [6.45, 7) is 1.65. The summed E-state index contributed by atoms with van der Waals surface area (Å²) in [6, 6.07) is 15.8. The van der Waals surface area contributed by atoms with Crippen LogP contribution in [0.4, 0.5) is 16.2 Å². The van der Waals surface area contributed by atoms with Gasteiger partial charge in [0.05, 0.1) is 5.71 Å². The van der Waals surface area contributed by atoms with Gasteiger partial charge in [-0.3, -0.25) is 10.2 Å². The summed E-state index contributed by atoms with van der Waals surface area (Å²) < 4.78 is 0. The number of azide groups is 1. The van der Waals surface area contributed by atoms with Crippen LogP contribution in [0.3, 0.4) is 0 Å². The third kappa shape index (κ3) is 4.09. The molecular formula is C15H13N5O2. The van der Waals surface area contributed by atoms with Gasteiger partial charge in [0.25, 0.3) is 0 Å². The first-order valence-corrected chi connectivity index (χ1v) is 6.43. The van der Waals surface area contributed by atoms with Gasteiger partial charge < -0.3 is 0 Å². The fourth-order valence-electron chi connectivity index (χ4n) is 1.74. The molecule has 7 heteroatoms. The summed E-state index contributed by atoms with van der Waals surface area (Å²) >= 11 is 0. The molecule has 0 aromatic heterocycles. The Balaban J connectivity index is 2.07. The standard InChI is InChI=1S/C15H13N5O2/c1-11(13-9-5-6-10-14(13)18-20-16)19-22-15(21)17-12-7-3-2-4-8-12/h2-10H,1H3,(H,17,21)/b19-11-. The maximum Gasteiger partial charge on any atom is 0.437 e. The van der Waals surface area contributed by atoms with E-state index in [1.807, 2.05) is 6.07 Å². The fraction of sp³-hybridized carbons (Fsp3) is 0.0667. The Morgan fingerprint density at radius 2 is 1.82 bits per heavy atom. The minimum absolute atomic E-state index is 0.415. The van der Waals surface area contributed by atoms with Crippen LogP contribution in [0.15, 0.2) is 64.9 Å². The first-order chi connectivity index (χ1) is 10.7. The number of carbonyl (C=O) groups excluding carboxylic acids is 1. The monoisotopic (exact) mass is 295 g/mol. The lowest BCUT2D eigenvalue weighted by molar-refractivity contribution is 0.166. The molecule has 2 aromatic rings. The molecule has 1 N–H and O–H groups in total. The number of rotatable bonds is 4. The highest BCUT2D eigenvalue weighted by Gasteiger charge is 2.06. The molecule has 1 amide bonds. The van der Waals surface area contributed by atoms with E-state index in [0.29, 0.717) is 22.6 Å². The number of hydrogen-bond donors (Lipinski definition) is 1. The third-order valence-electron chi connectivity index (χ3n) is 2.73. The van der Waals surface area contributed by atoms with Crippen molar-refractivity contribution >= 4 is 23.2 Å². The number of hydrogen-bond acceptors (Lipinski definition) is 4. The second-order valence-electron chi connectivity index (χ2n) is 4.25. The van der Waals surface area contributed by atoms with Crippen molar-refractivity contribution in [1.82, 2.24) is 0 Å². The van der Waals surface area contributed by atoms with Gasteiger partial charge in [0, 0.05) is 21.8 Å². The summed E-state index contributed by atoms with van der Waals surface area (Å²) in [5.41, 5.74) is 10.6. The van der Waals surface area contributed by atoms with Gasteiger partial charge in [0.2, 0.25) is 0 Å². The van der Waals surface area contributed by atoms with E-state index < -0.39 is 6.09 Å². The van der Waals surface area contributed by atoms with E-state index in [9.17, 15) is 4.79 Å². The summed E-state index contributed by atoms with van der Waals surface area (Å²) in [5.74, 6) is 0. The number of amides is 1. The van der Waals surface area contributed by atoms with Gasteiger partial charge >= 0.3 is 6.09 Å². The molecule has 0 aliphatic heterocycles. The van der Waals surface area contributed by atoms with Crippen LogP contribution in [0.1, 0.15) is 12.5 Å². The molecule has 0 radical (unpaired) electrons. The predicted octanol–water partition coefficient (Wildman–Crippen LogP) is 4.60. The SMILES string of the molecule is C/C(=N/OC(=O)Nc1ccccc1)c1ccccc1N=[N+]=[N-]. The highest BCUT2D eigenvalue weighted by molar-refractivity contribution is 6.02. The molecule has 110 valence electrons. The average Bonchev–Trinajstić information content (AvgIpc) is 2.54. The highest BCUT2D eigenvalue weighted by Crippen LogP contribution is 2.19. The van der Waals surface area contributed by atoms with Crippen molar-refractivity contribution < 1.29 is 9.63 Å². The van der Waals surface area contributed by atoms with Gasteiger partial charge in [-0.15, -0.1) is 0 Å². The maximum atomic E-state index is 11.6. The Morgan fingerprint density at radius 3 is 2.55 bits per heavy atom. The molecule has 0 saturated heterocycles. The molecule has 2 aromatic carbocycles. The molecule has 0 aliphatic rings. The summed E-state index contributed by atoms with van der Waals surface area (Å²) in [7, 11) is 0. The lowest BCUT2D eigenvalue weighted by Gasteiger charge is -2.05. The first kappa shape index (κ1) is 15.1. The van der Waals surface area contributed by atoms with Gasteiger partial charge in [0.15, 0.2) is 0 Å². The quantitative estimate of drug-likeness (QED) is 0.222. The van der Waals surface area contributed by atoms with Gasteiger partial charge in [-0.05, 0) is 24.6 Å². The maximum absolute atomic E-state index is 11.6. The van der Waals surface area contributed by atoms with Gasteiger partial charge in [-0.2, -0.15) is 0 Å². The van der Waals surface area contributed by atoms with E-state index in [4.69, 9.17) is 10.4 Å². The largest absolute Gasteiger partial charge is 0.437 e. The van der Waals surface area contributed by atoms with Crippen LogP contribution < -0.4 is 5.32 Å². The average molecular weight is 295 g/mol. The van der Waals surface area contributed by atoms with E-state index in [2.05, 4.69) is 20.5 Å². The molecule has 0 heterocycles. The van der Waals surface area contributed by atoms with E-state index in [1.54, 1.807) is 55.5 Å². The predicted molar refractivity (Wildman–Crippen MR) is 84.0 cm³/mol. The van der Waals surface area contributed by atoms with Crippen LogP contribution in [-0.2, 0) is 4.84 Å². The van der Waals surface area contributed by atoms with E-state index in [0.717, 1.165) is 0 Å². The van der Waals surface area contributed by atoms with E-state index in [-0.39, 0.29) is 0 Å². The van der Waals surface area contributed by atoms with Gasteiger partial charge in [-0.25, -0.2) is 4.79 Å². The molecule has 0 fully saturated rings. The lowest BCUT2D eigenvalue weighted by atomic mass is 10.1. The zero-order valence-electron chi connectivity index (χ0n) is 11.8. The van der Waals surface area contributed by atoms with Crippen molar-refractivity contribution in [1.29, 1.82) is 0 Å². The Labute approximate surface area is 126 Å². The molecule has 2 rings (SSSR count). The van der Waals surface area contributed by atoms with Crippen molar-refractivity contribution in [2.75, 3.05) is 5.32 Å². The lowest BCUT2D eigenvalue weighted by Crippen LogP contribution is -2.11. The summed E-state index contributed by atoms with van der Waals surface area (Å²) in [6.07, 6.45) is -0.702. The van der Waals surface area contributed by atoms with Gasteiger partial charge in [0.1, 0.15) is 0 Å². The molecule has 0 unspecified atom stereocenters. The first-order valence-electron chi connectivity index (χ1n) is 6.43. The third-order valence-corrected chi connectivity index (χ3v) is 2.73. The number of para-hydroxylation sites is 1. The number of anilines is 1. The second kappa shape index (κ2) is 7.47. The topological polar surface area (TPSA) is 99.5 Å². The van der Waals surface area contributed by atoms with Crippen LogP contribution in [0.5, 0.6) is 0 Å². The minimum atomic E-state index is -0.702. The van der Waals surface area contributed by atoms with Crippen molar-refractivity contribution in [3.63, 3.8) is 0 Å². The Morgan fingerprint density at radius 1 is 1.14 bits per heavy atom. The smallest absolute Gasteiger partial charge is 0.298 e. The minimum Gasteiger partial charge on any atom is -0.298 e. The van der Waals surface area contributed by atoms with Crippen LogP contribution in [-0.4, -0.2) is 11.8 Å². The number of benzene rings is 2. The van der Waals surface area contributed by atoms with Crippen molar-refractivity contribution in [2.45, 2.75) is 6.92 Å². The zero-order chi connectivity index (χ0) is 15.8. The van der Waals surface area contributed by atoms with Crippen LogP contribution >= 0.6 is 0 Å². The normalized spacial score (nSPS) is 10.5. The van der Waals surface area contributed by atoms with Crippen LogP contribution in [0.25, 0.3) is 10.4 Å². The van der Waals surface area contributed by atoms with Crippen molar-refractivity contribution in [2.24, 2.45) is 10.3 Å². The van der Waals surface area contributed by atoms with Crippen LogP contribution in [0.2, 0.25) is 0 Å².